The number of halogens is 1. The number of guanidine groups is 1. The van der Waals surface area contributed by atoms with Crippen LogP contribution in [0.5, 0.6) is 5.75 Å². The molecule has 0 fully saturated rings. The summed E-state index contributed by atoms with van der Waals surface area (Å²) in [6, 6.07) is 10.9. The zero-order chi connectivity index (χ0) is 18.4. The van der Waals surface area contributed by atoms with Gasteiger partial charge in [0.1, 0.15) is 10.6 Å². The van der Waals surface area contributed by atoms with Gasteiger partial charge in [-0.2, -0.15) is 13.5 Å². The molecule has 2 aromatic carbocycles. The number of phenols is 1. The Morgan fingerprint density at radius 2 is 1.96 bits per heavy atom. The highest BCUT2D eigenvalue weighted by atomic mass is 79.9. The molecule has 132 valence electrons. The second-order valence-corrected chi connectivity index (χ2v) is 7.34. The molecule has 0 atom stereocenters. The number of nitrogens with one attached hydrogen (secondary N) is 1. The van der Waals surface area contributed by atoms with E-state index in [0.29, 0.717) is 5.56 Å². The third kappa shape index (κ3) is 5.47. The summed E-state index contributed by atoms with van der Waals surface area (Å²) in [5.74, 6) is -0.358. The Morgan fingerprint density at radius 1 is 1.28 bits per heavy atom. The Hall–Kier alpha value is -2.59. The molecule has 0 aliphatic rings. The average Bonchev–Trinajstić information content (AvgIpc) is 2.57. The summed E-state index contributed by atoms with van der Waals surface area (Å²) in [7, 11) is -4.07. The van der Waals surface area contributed by atoms with Gasteiger partial charge in [-0.25, -0.2) is 5.43 Å². The number of benzene rings is 2. The molecule has 0 unspecified atom stereocenters. The Labute approximate surface area is 153 Å². The van der Waals surface area contributed by atoms with Gasteiger partial charge in [-0.05, 0) is 42.4 Å². The molecule has 0 bridgehead atoms. The largest absolute Gasteiger partial charge is 0.507 e. The molecule has 0 spiro atoms. The number of hydrogen-bond acceptors (Lipinski definition) is 6. The number of phenolic OH excluding ortho intramolecular Hbond substituents is 1. The van der Waals surface area contributed by atoms with Crippen LogP contribution in [0.15, 0.2) is 62.1 Å². The number of aryl methyl sites for hydroxylation is 1. The van der Waals surface area contributed by atoms with E-state index in [1.54, 1.807) is 24.3 Å². The Balaban J connectivity index is 2.00. The van der Waals surface area contributed by atoms with Gasteiger partial charge >= 0.3 is 10.1 Å². The van der Waals surface area contributed by atoms with E-state index in [1.807, 2.05) is 6.92 Å². The molecule has 10 heteroatoms. The number of nitrogens with zero attached hydrogens (tertiary/aromatic N) is 2. The van der Waals surface area contributed by atoms with Crippen LogP contribution >= 0.6 is 15.9 Å². The van der Waals surface area contributed by atoms with Crippen molar-refractivity contribution >= 4 is 38.2 Å². The van der Waals surface area contributed by atoms with Crippen LogP contribution < -0.4 is 11.2 Å². The minimum Gasteiger partial charge on any atom is -0.507 e. The van der Waals surface area contributed by atoms with Gasteiger partial charge < -0.3 is 10.8 Å². The topological polar surface area (TPSA) is 126 Å². The standard InChI is InChI=1S/C15H15BrN4O4S/c1-10-2-5-13(6-3-10)25(22,23)24-20-15(17)19-18-9-11-8-12(16)4-7-14(11)21/h2-9,21H,1H3,(H3,17,19,20). The van der Waals surface area contributed by atoms with E-state index in [1.165, 1.54) is 24.4 Å². The first-order valence-electron chi connectivity index (χ1n) is 6.89. The minimum atomic E-state index is -4.07. The lowest BCUT2D eigenvalue weighted by molar-refractivity contribution is 0.336. The number of hydrazone groups is 1. The number of oxime groups is 1. The van der Waals surface area contributed by atoms with E-state index >= 15 is 0 Å². The fourth-order valence-electron chi connectivity index (χ4n) is 1.65. The first kappa shape index (κ1) is 18.7. The van der Waals surface area contributed by atoms with Crippen LogP contribution in [-0.2, 0) is 14.4 Å². The van der Waals surface area contributed by atoms with Crippen LogP contribution in [0.4, 0.5) is 0 Å². The zero-order valence-electron chi connectivity index (χ0n) is 13.0. The van der Waals surface area contributed by atoms with Gasteiger partial charge in [0.15, 0.2) is 0 Å². The Bertz CT molecular complexity index is 912. The number of rotatable bonds is 5. The van der Waals surface area contributed by atoms with Crippen molar-refractivity contribution in [3.63, 3.8) is 0 Å². The van der Waals surface area contributed by atoms with Gasteiger partial charge in [0.25, 0.3) is 5.96 Å². The van der Waals surface area contributed by atoms with E-state index in [2.05, 4.69) is 35.9 Å². The number of aromatic hydroxyl groups is 1. The molecule has 0 aromatic heterocycles. The second kappa shape index (κ2) is 7.99. The third-order valence-electron chi connectivity index (χ3n) is 2.92. The summed E-state index contributed by atoms with van der Waals surface area (Å²) in [6.07, 6.45) is 1.29. The first-order valence-corrected chi connectivity index (χ1v) is 9.09. The lowest BCUT2D eigenvalue weighted by Gasteiger charge is -2.03. The summed E-state index contributed by atoms with van der Waals surface area (Å²) in [5, 5.41) is 16.7. The van der Waals surface area contributed by atoms with E-state index in [-0.39, 0.29) is 16.6 Å². The molecule has 0 aliphatic heterocycles. The molecule has 2 aromatic rings. The van der Waals surface area contributed by atoms with Crippen molar-refractivity contribution in [1.82, 2.24) is 5.43 Å². The third-order valence-corrected chi connectivity index (χ3v) is 4.53. The molecule has 4 N–H and O–H groups in total. The van der Waals surface area contributed by atoms with Gasteiger partial charge in [-0.15, -0.1) is 0 Å². The quantitative estimate of drug-likeness (QED) is 0.381. The van der Waals surface area contributed by atoms with E-state index in [9.17, 15) is 13.5 Å². The fraction of sp³-hybridized carbons (Fsp3) is 0.0667. The van der Waals surface area contributed by atoms with E-state index in [0.717, 1.165) is 10.0 Å². The smallest absolute Gasteiger partial charge is 0.358 e. The molecule has 0 amide bonds. The van der Waals surface area contributed by atoms with Crippen molar-refractivity contribution in [2.24, 2.45) is 16.0 Å². The van der Waals surface area contributed by atoms with Crippen molar-refractivity contribution in [1.29, 1.82) is 0 Å². The van der Waals surface area contributed by atoms with Gasteiger partial charge in [0, 0.05) is 10.0 Å². The lowest BCUT2D eigenvalue weighted by Crippen LogP contribution is -2.28. The van der Waals surface area contributed by atoms with Gasteiger partial charge in [0.2, 0.25) is 0 Å². The maximum atomic E-state index is 11.9. The summed E-state index contributed by atoms with van der Waals surface area (Å²) in [5.41, 5.74) is 9.10. The molecular formula is C15H15BrN4O4S. The highest BCUT2D eigenvalue weighted by Gasteiger charge is 2.15. The summed E-state index contributed by atoms with van der Waals surface area (Å²) in [4.78, 5) is -0.0443. The fourth-order valence-corrected chi connectivity index (χ4v) is 2.77. The molecule has 0 aliphatic carbocycles. The predicted molar refractivity (Wildman–Crippen MR) is 97.6 cm³/mol. The molecule has 8 nitrogen and oxygen atoms in total. The van der Waals surface area contributed by atoms with Crippen LogP contribution in [-0.4, -0.2) is 25.7 Å². The molecule has 0 heterocycles. The van der Waals surface area contributed by atoms with E-state index in [4.69, 9.17) is 5.73 Å². The van der Waals surface area contributed by atoms with Crippen LogP contribution in [0.3, 0.4) is 0 Å². The van der Waals surface area contributed by atoms with Crippen molar-refractivity contribution in [3.05, 3.63) is 58.1 Å². The maximum absolute atomic E-state index is 11.9. The second-order valence-electron chi connectivity index (χ2n) is 4.89. The van der Waals surface area contributed by atoms with Crippen molar-refractivity contribution < 1.29 is 17.8 Å². The monoisotopic (exact) mass is 426 g/mol. The van der Waals surface area contributed by atoms with Crippen molar-refractivity contribution in [2.45, 2.75) is 11.8 Å². The van der Waals surface area contributed by atoms with Gasteiger partial charge in [0.05, 0.1) is 6.21 Å². The highest BCUT2D eigenvalue weighted by molar-refractivity contribution is 9.10. The Kier molecular flexibility index (Phi) is 5.99. The van der Waals surface area contributed by atoms with Crippen LogP contribution in [0.1, 0.15) is 11.1 Å². The highest BCUT2D eigenvalue weighted by Crippen LogP contribution is 2.19. The predicted octanol–water partition coefficient (Wildman–Crippen LogP) is 2.02. The molecule has 0 saturated heterocycles. The SMILES string of the molecule is Cc1ccc(S(=O)(=O)ON=C(N)NN=Cc2cc(Br)ccc2O)cc1. The number of hydrogen-bond donors (Lipinski definition) is 3. The molecule has 0 saturated carbocycles. The summed E-state index contributed by atoms with van der Waals surface area (Å²) >= 11 is 3.26. The van der Waals surface area contributed by atoms with Crippen molar-refractivity contribution in [2.75, 3.05) is 0 Å². The molecule has 0 radical (unpaired) electrons. The molecular weight excluding hydrogens is 412 g/mol. The summed E-state index contributed by atoms with van der Waals surface area (Å²) < 4.78 is 29.1. The van der Waals surface area contributed by atoms with Crippen LogP contribution in [0.2, 0.25) is 0 Å². The first-order chi connectivity index (χ1) is 11.8. The minimum absolute atomic E-state index is 0.0162. The summed E-state index contributed by atoms with van der Waals surface area (Å²) in [6.45, 7) is 1.83. The van der Waals surface area contributed by atoms with Crippen LogP contribution in [0.25, 0.3) is 0 Å². The van der Waals surface area contributed by atoms with Crippen LogP contribution in [0, 0.1) is 6.92 Å². The normalized spacial score (nSPS) is 12.3. The van der Waals surface area contributed by atoms with E-state index < -0.39 is 10.1 Å². The van der Waals surface area contributed by atoms with Crippen molar-refractivity contribution in [3.8, 4) is 5.75 Å². The lowest BCUT2D eigenvalue weighted by atomic mass is 10.2. The van der Waals surface area contributed by atoms with Gasteiger partial charge in [-0.1, -0.05) is 33.6 Å². The molecule has 25 heavy (non-hydrogen) atoms. The average molecular weight is 427 g/mol. The number of nitrogens with two attached hydrogens (primary N) is 1. The zero-order valence-corrected chi connectivity index (χ0v) is 15.5. The van der Waals surface area contributed by atoms with Gasteiger partial charge in [-0.3, -0.25) is 4.28 Å². The molecule has 2 rings (SSSR count). The maximum Gasteiger partial charge on any atom is 0.358 e. The Morgan fingerprint density at radius 3 is 2.64 bits per heavy atom.